The van der Waals surface area contributed by atoms with Crippen LogP contribution in [-0.4, -0.2) is 4.98 Å². The molecule has 0 aliphatic carbocycles. The number of hydrogen-bond acceptors (Lipinski definition) is 3. The van der Waals surface area contributed by atoms with Gasteiger partial charge in [0.15, 0.2) is 0 Å². The minimum absolute atomic E-state index is 0.708. The van der Waals surface area contributed by atoms with Crippen molar-refractivity contribution in [1.29, 1.82) is 0 Å². The number of nitrogens with zero attached hydrogens (tertiary/aromatic N) is 1. The molecular weight excluding hydrogens is 344 g/mol. The lowest BCUT2D eigenvalue weighted by Crippen LogP contribution is -1.98. The molecule has 2 nitrogen and oxygen atoms in total. The Hall–Kier alpha value is -1.10. The van der Waals surface area contributed by atoms with Gasteiger partial charge < -0.3 is 5.32 Å². The highest BCUT2D eigenvalue weighted by molar-refractivity contribution is 9.11. The van der Waals surface area contributed by atoms with Crippen molar-refractivity contribution in [3.63, 3.8) is 0 Å². The van der Waals surface area contributed by atoms with Crippen molar-refractivity contribution in [2.24, 2.45) is 0 Å². The van der Waals surface area contributed by atoms with Crippen molar-refractivity contribution in [3.8, 4) is 0 Å². The number of hydrogen-bond donors (Lipinski definition) is 1. The molecule has 0 fully saturated rings. The van der Waals surface area contributed by atoms with Crippen LogP contribution in [0.4, 0.5) is 5.69 Å². The Morgan fingerprint density at radius 2 is 2.11 bits per heavy atom. The van der Waals surface area contributed by atoms with Crippen LogP contribution in [0.5, 0.6) is 0 Å². The summed E-state index contributed by atoms with van der Waals surface area (Å²) in [6.07, 6.45) is 1.80. The first-order valence-corrected chi connectivity index (χ1v) is 7.73. The summed E-state index contributed by atoms with van der Waals surface area (Å²) in [5.74, 6) is 0. The molecule has 0 spiro atoms. The van der Waals surface area contributed by atoms with E-state index in [-0.39, 0.29) is 0 Å². The van der Waals surface area contributed by atoms with Crippen molar-refractivity contribution < 1.29 is 0 Å². The van der Waals surface area contributed by atoms with E-state index in [2.05, 4.69) is 38.4 Å². The molecule has 5 heteroatoms. The van der Waals surface area contributed by atoms with E-state index in [1.807, 2.05) is 24.3 Å². The molecule has 0 amide bonds. The van der Waals surface area contributed by atoms with Gasteiger partial charge in [0.25, 0.3) is 0 Å². The molecule has 3 rings (SSSR count). The Bertz CT molecular complexity index is 726. The van der Waals surface area contributed by atoms with Crippen molar-refractivity contribution in [3.05, 3.63) is 56.3 Å². The van der Waals surface area contributed by atoms with Gasteiger partial charge in [-0.25, -0.2) is 0 Å². The first kappa shape index (κ1) is 12.9. The van der Waals surface area contributed by atoms with Gasteiger partial charge in [-0.15, -0.1) is 11.3 Å². The summed E-state index contributed by atoms with van der Waals surface area (Å²) < 4.78 is 1.15. The number of pyridine rings is 1. The molecule has 2 heterocycles. The maximum Gasteiger partial charge on any atom is 0.0737 e. The fraction of sp³-hybridized carbons (Fsp3) is 0.0714. The highest BCUT2D eigenvalue weighted by atomic mass is 79.9. The minimum atomic E-state index is 0.708. The van der Waals surface area contributed by atoms with Crippen LogP contribution in [0.15, 0.2) is 46.4 Å². The van der Waals surface area contributed by atoms with Gasteiger partial charge in [-0.2, -0.15) is 0 Å². The third kappa shape index (κ3) is 2.91. The number of halogens is 2. The summed E-state index contributed by atoms with van der Waals surface area (Å²) >= 11 is 11.2. The molecular formula is C14H10BrClN2S. The van der Waals surface area contributed by atoms with Crippen molar-refractivity contribution in [2.45, 2.75) is 6.54 Å². The molecule has 0 bridgehead atoms. The molecule has 96 valence electrons. The van der Waals surface area contributed by atoms with Gasteiger partial charge in [-0.05, 0) is 52.3 Å². The van der Waals surface area contributed by atoms with Gasteiger partial charge in [0.1, 0.15) is 0 Å². The predicted molar refractivity (Wildman–Crippen MR) is 86.1 cm³/mol. The van der Waals surface area contributed by atoms with E-state index in [9.17, 15) is 0 Å². The van der Waals surface area contributed by atoms with E-state index in [1.54, 1.807) is 17.5 Å². The fourth-order valence-corrected chi connectivity index (χ4v) is 3.49. The molecule has 0 unspecified atom stereocenters. The van der Waals surface area contributed by atoms with Gasteiger partial charge in [-0.1, -0.05) is 11.6 Å². The summed E-state index contributed by atoms with van der Waals surface area (Å²) in [5, 5.41) is 5.24. The second kappa shape index (κ2) is 5.49. The Balaban J connectivity index is 1.88. The monoisotopic (exact) mass is 352 g/mol. The van der Waals surface area contributed by atoms with Crippen LogP contribution >= 0.6 is 38.9 Å². The highest BCUT2D eigenvalue weighted by Crippen LogP contribution is 2.26. The van der Waals surface area contributed by atoms with Crippen LogP contribution in [0.3, 0.4) is 0 Å². The zero-order chi connectivity index (χ0) is 13.2. The normalized spacial score (nSPS) is 10.8. The van der Waals surface area contributed by atoms with E-state index in [0.717, 1.165) is 26.9 Å². The van der Waals surface area contributed by atoms with Crippen LogP contribution in [0.25, 0.3) is 10.9 Å². The topological polar surface area (TPSA) is 24.9 Å². The number of benzene rings is 1. The van der Waals surface area contributed by atoms with Crippen molar-refractivity contribution >= 4 is 55.5 Å². The predicted octanol–water partition coefficient (Wildman–Crippen LogP) is 5.32. The van der Waals surface area contributed by atoms with Gasteiger partial charge in [0, 0.05) is 33.7 Å². The fourth-order valence-electron chi connectivity index (χ4n) is 1.90. The lowest BCUT2D eigenvalue weighted by molar-refractivity contribution is 1.19. The third-order valence-electron chi connectivity index (χ3n) is 2.79. The Morgan fingerprint density at radius 1 is 1.21 bits per heavy atom. The maximum absolute atomic E-state index is 5.98. The number of aromatic nitrogens is 1. The zero-order valence-corrected chi connectivity index (χ0v) is 13.0. The molecule has 1 aromatic carbocycles. The molecule has 0 saturated carbocycles. The number of nitrogens with one attached hydrogen (secondary N) is 1. The number of thiophene rings is 1. The van der Waals surface area contributed by atoms with E-state index in [4.69, 9.17) is 11.6 Å². The quantitative estimate of drug-likeness (QED) is 0.689. The summed E-state index contributed by atoms with van der Waals surface area (Å²) in [6.45, 7) is 0.804. The lowest BCUT2D eigenvalue weighted by atomic mass is 10.2. The molecule has 1 N–H and O–H groups in total. The third-order valence-corrected chi connectivity index (χ3v) is 4.65. The number of fused-ring (bicyclic) bond motifs is 1. The van der Waals surface area contributed by atoms with E-state index in [1.165, 1.54) is 4.88 Å². The SMILES string of the molecule is Clc1ccc2c(NCc3ccc(Br)s3)ccnc2c1. The standard InChI is InChI=1S/C14H10BrClN2S/c15-14-4-2-10(19-14)8-18-12-5-6-17-13-7-9(16)1-3-11(12)13/h1-7H,8H2,(H,17,18). The van der Waals surface area contributed by atoms with Crippen LogP contribution in [0.2, 0.25) is 5.02 Å². The smallest absolute Gasteiger partial charge is 0.0737 e. The molecule has 0 radical (unpaired) electrons. The van der Waals surface area contributed by atoms with Gasteiger partial charge in [0.05, 0.1) is 9.30 Å². The summed E-state index contributed by atoms with van der Waals surface area (Å²) in [5.41, 5.74) is 1.98. The summed E-state index contributed by atoms with van der Waals surface area (Å²) in [7, 11) is 0. The molecule has 2 aromatic heterocycles. The van der Waals surface area contributed by atoms with Crippen LogP contribution < -0.4 is 5.32 Å². The summed E-state index contributed by atoms with van der Waals surface area (Å²) in [4.78, 5) is 5.62. The minimum Gasteiger partial charge on any atom is -0.380 e. The van der Waals surface area contributed by atoms with E-state index < -0.39 is 0 Å². The average Bonchev–Trinajstić information content (AvgIpc) is 2.81. The van der Waals surface area contributed by atoms with Crippen LogP contribution in [-0.2, 0) is 6.54 Å². The first-order valence-electron chi connectivity index (χ1n) is 5.75. The second-order valence-electron chi connectivity index (χ2n) is 4.08. The first-order chi connectivity index (χ1) is 9.22. The molecule has 3 aromatic rings. The number of rotatable bonds is 3. The molecule has 19 heavy (non-hydrogen) atoms. The Kier molecular flexibility index (Phi) is 3.73. The van der Waals surface area contributed by atoms with Crippen molar-refractivity contribution in [1.82, 2.24) is 4.98 Å². The maximum atomic E-state index is 5.98. The zero-order valence-electron chi connectivity index (χ0n) is 9.86. The molecule has 0 aliphatic heterocycles. The van der Waals surface area contributed by atoms with Gasteiger partial charge in [0.2, 0.25) is 0 Å². The lowest BCUT2D eigenvalue weighted by Gasteiger charge is -2.08. The van der Waals surface area contributed by atoms with Gasteiger partial charge in [-0.3, -0.25) is 4.98 Å². The van der Waals surface area contributed by atoms with E-state index in [0.29, 0.717) is 5.02 Å². The highest BCUT2D eigenvalue weighted by Gasteiger charge is 2.03. The number of anilines is 1. The summed E-state index contributed by atoms with van der Waals surface area (Å²) in [6, 6.07) is 11.9. The second-order valence-corrected chi connectivity index (χ2v) is 7.06. The largest absolute Gasteiger partial charge is 0.380 e. The molecule has 0 saturated heterocycles. The molecule has 0 aliphatic rings. The van der Waals surface area contributed by atoms with Gasteiger partial charge >= 0.3 is 0 Å². The van der Waals surface area contributed by atoms with Crippen LogP contribution in [0, 0.1) is 0 Å². The van der Waals surface area contributed by atoms with Crippen molar-refractivity contribution in [2.75, 3.05) is 5.32 Å². The Labute approximate surface area is 128 Å². The Morgan fingerprint density at radius 3 is 2.89 bits per heavy atom. The molecule has 0 atom stereocenters. The van der Waals surface area contributed by atoms with E-state index >= 15 is 0 Å². The average molecular weight is 354 g/mol. The van der Waals surface area contributed by atoms with Crippen LogP contribution in [0.1, 0.15) is 4.88 Å².